The highest BCUT2D eigenvalue weighted by Crippen LogP contribution is 2.43. The van der Waals surface area contributed by atoms with Gasteiger partial charge in [-0.05, 0) is 31.0 Å². The summed E-state index contributed by atoms with van der Waals surface area (Å²) in [4.78, 5) is 12.3. The van der Waals surface area contributed by atoms with Crippen molar-refractivity contribution in [3.05, 3.63) is 77.0 Å². The number of thioether (sulfide) groups is 1. The minimum Gasteiger partial charge on any atom is -0.310 e. The fraction of sp³-hybridized carbons (Fsp3) is 0.200. The molecule has 3 aromatic rings. The molecule has 2 heterocycles. The largest absolute Gasteiger partial charge is 0.310 e. The van der Waals surface area contributed by atoms with Crippen molar-refractivity contribution in [3.8, 4) is 5.69 Å². The molecule has 1 aromatic heterocycles. The third-order valence-corrected chi connectivity index (χ3v) is 5.72. The molecule has 0 spiro atoms. The van der Waals surface area contributed by atoms with Crippen LogP contribution in [0.2, 0.25) is 0 Å². The maximum Gasteiger partial charge on any atom is 0.235 e. The number of aryl methyl sites for hydroxylation is 2. The van der Waals surface area contributed by atoms with Crippen molar-refractivity contribution < 1.29 is 4.79 Å². The number of fused-ring (bicyclic) bond motifs is 1. The van der Waals surface area contributed by atoms with Crippen molar-refractivity contribution in [1.29, 1.82) is 0 Å². The average Bonchev–Trinajstić information content (AvgIpc) is 2.82. The summed E-state index contributed by atoms with van der Waals surface area (Å²) in [5.74, 6) is 1.23. The van der Waals surface area contributed by atoms with E-state index in [2.05, 4.69) is 30.4 Å². The number of carbonyl (C=O) groups excluding carboxylic acids is 1. The summed E-state index contributed by atoms with van der Waals surface area (Å²) in [6.45, 7) is 4.07. The minimum atomic E-state index is 0.0133. The molecule has 1 N–H and O–H groups in total. The molecule has 1 aliphatic rings. The van der Waals surface area contributed by atoms with Gasteiger partial charge in [0.1, 0.15) is 5.82 Å². The number of rotatable bonds is 2. The molecule has 1 aliphatic heterocycles. The van der Waals surface area contributed by atoms with Gasteiger partial charge in [-0.2, -0.15) is 5.10 Å². The highest BCUT2D eigenvalue weighted by Gasteiger charge is 2.30. The molecule has 5 heteroatoms. The molecule has 4 rings (SSSR count). The maximum absolute atomic E-state index is 12.3. The zero-order valence-corrected chi connectivity index (χ0v) is 15.0. The fourth-order valence-corrected chi connectivity index (χ4v) is 4.44. The first kappa shape index (κ1) is 16.0. The Morgan fingerprint density at radius 2 is 1.80 bits per heavy atom. The summed E-state index contributed by atoms with van der Waals surface area (Å²) < 4.78 is 1.87. The van der Waals surface area contributed by atoms with Crippen molar-refractivity contribution in [3.63, 3.8) is 0 Å². The third-order valence-electron chi connectivity index (χ3n) is 4.45. The standard InChI is InChI=1S/C20H19N3OS/c1-13-8-6-7-11-16(13)23-20-18(14(2)22-23)19(25-12-17(24)21-20)15-9-4-3-5-10-15/h3-11,19H,12H2,1-2H3,(H,21,24)/t19-/m0/s1. The topological polar surface area (TPSA) is 46.9 Å². The van der Waals surface area contributed by atoms with Crippen LogP contribution in [0.4, 0.5) is 5.82 Å². The average molecular weight is 349 g/mol. The molecule has 1 amide bonds. The maximum atomic E-state index is 12.3. The Hall–Kier alpha value is -2.53. The van der Waals surface area contributed by atoms with E-state index in [-0.39, 0.29) is 11.2 Å². The Balaban J connectivity index is 1.93. The van der Waals surface area contributed by atoms with Crippen molar-refractivity contribution >= 4 is 23.5 Å². The zero-order valence-electron chi connectivity index (χ0n) is 14.2. The van der Waals surface area contributed by atoms with Gasteiger partial charge in [0.2, 0.25) is 5.91 Å². The number of benzene rings is 2. The number of hydrogen-bond acceptors (Lipinski definition) is 3. The number of nitrogens with one attached hydrogen (secondary N) is 1. The Bertz CT molecular complexity index is 933. The van der Waals surface area contributed by atoms with Crippen molar-refractivity contribution in [2.75, 3.05) is 11.1 Å². The lowest BCUT2D eigenvalue weighted by molar-refractivity contribution is -0.113. The molecule has 0 aliphatic carbocycles. The van der Waals surface area contributed by atoms with Crippen LogP contribution in [0.3, 0.4) is 0 Å². The molecule has 0 fully saturated rings. The van der Waals surface area contributed by atoms with Gasteiger partial charge in [-0.3, -0.25) is 4.79 Å². The predicted octanol–water partition coefficient (Wildman–Crippen LogP) is 4.26. The number of carbonyl (C=O) groups is 1. The van der Waals surface area contributed by atoms with Crippen LogP contribution in [0.5, 0.6) is 0 Å². The Morgan fingerprint density at radius 1 is 1.08 bits per heavy atom. The van der Waals surface area contributed by atoms with Crippen LogP contribution in [0.25, 0.3) is 5.69 Å². The lowest BCUT2D eigenvalue weighted by atomic mass is 10.0. The van der Waals surface area contributed by atoms with Crippen LogP contribution in [0, 0.1) is 13.8 Å². The molecule has 25 heavy (non-hydrogen) atoms. The van der Waals surface area contributed by atoms with Crippen LogP contribution in [0.15, 0.2) is 54.6 Å². The molecule has 1 atom stereocenters. The number of para-hydroxylation sites is 1. The van der Waals surface area contributed by atoms with Gasteiger partial charge < -0.3 is 5.32 Å². The monoisotopic (exact) mass is 349 g/mol. The number of hydrogen-bond donors (Lipinski definition) is 1. The van der Waals surface area contributed by atoms with E-state index >= 15 is 0 Å². The summed E-state index contributed by atoms with van der Waals surface area (Å²) in [6, 6.07) is 18.4. The molecule has 2 aromatic carbocycles. The highest BCUT2D eigenvalue weighted by atomic mass is 32.2. The predicted molar refractivity (Wildman–Crippen MR) is 102 cm³/mol. The Labute approximate surface area is 151 Å². The van der Waals surface area contributed by atoms with Gasteiger partial charge in [-0.1, -0.05) is 48.5 Å². The number of aromatic nitrogens is 2. The van der Waals surface area contributed by atoms with Gasteiger partial charge in [0.05, 0.1) is 22.4 Å². The van der Waals surface area contributed by atoms with E-state index in [0.717, 1.165) is 28.3 Å². The van der Waals surface area contributed by atoms with Crippen molar-refractivity contribution in [2.24, 2.45) is 0 Å². The number of nitrogens with zero attached hydrogens (tertiary/aromatic N) is 2. The van der Waals surface area contributed by atoms with E-state index in [9.17, 15) is 4.79 Å². The molecular weight excluding hydrogens is 330 g/mol. The van der Waals surface area contributed by atoms with E-state index < -0.39 is 0 Å². The third kappa shape index (κ3) is 2.85. The van der Waals surface area contributed by atoms with Crippen LogP contribution in [-0.4, -0.2) is 21.4 Å². The highest BCUT2D eigenvalue weighted by molar-refractivity contribution is 8.00. The van der Waals surface area contributed by atoms with E-state index in [4.69, 9.17) is 5.10 Å². The van der Waals surface area contributed by atoms with E-state index in [0.29, 0.717) is 5.75 Å². The second kappa shape index (κ2) is 6.41. The van der Waals surface area contributed by atoms with Gasteiger partial charge in [0.15, 0.2) is 0 Å². The zero-order chi connectivity index (χ0) is 17.4. The number of anilines is 1. The smallest absolute Gasteiger partial charge is 0.235 e. The summed E-state index contributed by atoms with van der Waals surface area (Å²) in [6.07, 6.45) is 0. The molecular formula is C20H19N3OS. The van der Waals surface area contributed by atoms with Crippen molar-refractivity contribution in [1.82, 2.24) is 9.78 Å². The summed E-state index contributed by atoms with van der Waals surface area (Å²) in [5.41, 5.74) is 5.34. The van der Waals surface area contributed by atoms with E-state index in [1.54, 1.807) is 11.8 Å². The first-order valence-corrected chi connectivity index (χ1v) is 9.32. The normalized spacial score (nSPS) is 16.9. The van der Waals surface area contributed by atoms with E-state index in [1.807, 2.05) is 48.0 Å². The number of amides is 1. The van der Waals surface area contributed by atoms with Crippen LogP contribution in [-0.2, 0) is 4.79 Å². The first-order chi connectivity index (χ1) is 12.1. The van der Waals surface area contributed by atoms with Gasteiger partial charge >= 0.3 is 0 Å². The van der Waals surface area contributed by atoms with Crippen molar-refractivity contribution in [2.45, 2.75) is 19.1 Å². The molecule has 0 saturated heterocycles. The molecule has 0 unspecified atom stereocenters. The van der Waals surface area contributed by atoms with E-state index in [1.165, 1.54) is 5.56 Å². The van der Waals surface area contributed by atoms with Gasteiger partial charge in [-0.15, -0.1) is 11.8 Å². The van der Waals surface area contributed by atoms with Crippen LogP contribution in [0.1, 0.15) is 27.6 Å². The first-order valence-electron chi connectivity index (χ1n) is 8.27. The second-order valence-corrected chi connectivity index (χ2v) is 7.29. The lowest BCUT2D eigenvalue weighted by Gasteiger charge is -2.15. The summed E-state index contributed by atoms with van der Waals surface area (Å²) in [5, 5.41) is 7.93. The fourth-order valence-electron chi connectivity index (χ4n) is 3.25. The molecule has 0 radical (unpaired) electrons. The summed E-state index contributed by atoms with van der Waals surface area (Å²) >= 11 is 1.65. The molecule has 0 bridgehead atoms. The molecule has 4 nitrogen and oxygen atoms in total. The van der Waals surface area contributed by atoms with Gasteiger partial charge in [0, 0.05) is 5.56 Å². The SMILES string of the molecule is Cc1ccccc1-n1nc(C)c2c1NC(=O)CS[C@H]2c1ccccc1. The van der Waals surface area contributed by atoms with Gasteiger partial charge in [-0.25, -0.2) is 4.68 Å². The quantitative estimate of drug-likeness (QED) is 0.752. The van der Waals surface area contributed by atoms with Crippen LogP contribution >= 0.6 is 11.8 Å². The Kier molecular flexibility index (Phi) is 4.09. The molecule has 0 saturated carbocycles. The molecule has 126 valence electrons. The van der Waals surface area contributed by atoms with Gasteiger partial charge in [0.25, 0.3) is 0 Å². The minimum absolute atomic E-state index is 0.0133. The lowest BCUT2D eigenvalue weighted by Crippen LogP contribution is -2.16. The Morgan fingerprint density at radius 3 is 2.56 bits per heavy atom. The summed E-state index contributed by atoms with van der Waals surface area (Å²) in [7, 11) is 0. The second-order valence-electron chi connectivity index (χ2n) is 6.20. The van der Waals surface area contributed by atoms with Crippen LogP contribution < -0.4 is 5.32 Å².